The van der Waals surface area contributed by atoms with Crippen LogP contribution in [0.1, 0.15) is 16.2 Å². The van der Waals surface area contributed by atoms with Gasteiger partial charge in [0.2, 0.25) is 5.78 Å². The van der Waals surface area contributed by atoms with E-state index in [0.717, 1.165) is 0 Å². The molecular weight excluding hydrogens is 180 g/mol. The van der Waals surface area contributed by atoms with Crippen molar-refractivity contribution in [3.63, 3.8) is 0 Å². The number of rotatable bonds is 3. The Morgan fingerprint density at radius 3 is 3.00 bits per heavy atom. The molecule has 14 heavy (non-hydrogen) atoms. The van der Waals surface area contributed by atoms with E-state index in [2.05, 4.69) is 9.97 Å². The van der Waals surface area contributed by atoms with Gasteiger partial charge in [0.1, 0.15) is 6.33 Å². The van der Waals surface area contributed by atoms with Crippen LogP contribution in [0.3, 0.4) is 0 Å². The Morgan fingerprint density at radius 2 is 2.36 bits per heavy atom. The average molecular weight is 188 g/mol. The smallest absolute Gasteiger partial charge is 0.203 e. The molecule has 0 N–H and O–H groups in total. The monoisotopic (exact) mass is 188 g/mol. The van der Waals surface area contributed by atoms with Crippen molar-refractivity contribution < 1.29 is 9.21 Å². The summed E-state index contributed by atoms with van der Waals surface area (Å²) < 4.78 is 4.97. The highest BCUT2D eigenvalue weighted by Gasteiger charge is 2.09. The van der Waals surface area contributed by atoms with Crippen LogP contribution in [-0.2, 0) is 6.42 Å². The third-order valence-electron chi connectivity index (χ3n) is 1.78. The van der Waals surface area contributed by atoms with Crippen LogP contribution in [0.25, 0.3) is 0 Å². The van der Waals surface area contributed by atoms with Gasteiger partial charge in [0, 0.05) is 6.20 Å². The second kappa shape index (κ2) is 3.83. The van der Waals surface area contributed by atoms with E-state index in [1.807, 2.05) is 0 Å². The Morgan fingerprint density at radius 1 is 1.43 bits per heavy atom. The number of nitrogens with zero attached hydrogens (tertiary/aromatic N) is 2. The predicted octanol–water partition coefficient (Wildman–Crippen LogP) is 1.49. The summed E-state index contributed by atoms with van der Waals surface area (Å²) in [5.41, 5.74) is 0.696. The second-order valence-electron chi connectivity index (χ2n) is 2.78. The van der Waals surface area contributed by atoms with E-state index in [0.29, 0.717) is 11.5 Å². The summed E-state index contributed by atoms with van der Waals surface area (Å²) in [4.78, 5) is 19.2. The van der Waals surface area contributed by atoms with E-state index in [1.54, 1.807) is 24.4 Å². The molecule has 0 fully saturated rings. The fraction of sp³-hybridized carbons (Fsp3) is 0.100. The van der Waals surface area contributed by atoms with Gasteiger partial charge in [-0.25, -0.2) is 9.97 Å². The number of Topliss-reactive ketones (excluding diaryl/α,β-unsaturated/α-hetero) is 1. The molecule has 2 heterocycles. The molecule has 0 saturated heterocycles. The molecular formula is C10H8N2O2. The highest BCUT2D eigenvalue weighted by molar-refractivity contribution is 5.94. The van der Waals surface area contributed by atoms with Crippen LogP contribution in [-0.4, -0.2) is 15.8 Å². The molecule has 70 valence electrons. The van der Waals surface area contributed by atoms with Gasteiger partial charge in [0.05, 0.1) is 18.4 Å². The van der Waals surface area contributed by atoms with Gasteiger partial charge in [-0.15, -0.1) is 0 Å². The van der Waals surface area contributed by atoms with E-state index < -0.39 is 0 Å². The van der Waals surface area contributed by atoms with Crippen molar-refractivity contribution in [2.45, 2.75) is 6.42 Å². The van der Waals surface area contributed by atoms with Crippen molar-refractivity contribution in [3.8, 4) is 0 Å². The van der Waals surface area contributed by atoms with Gasteiger partial charge in [0.15, 0.2) is 5.76 Å². The number of carbonyl (C=O) groups excluding carboxylic acids is 1. The van der Waals surface area contributed by atoms with Crippen molar-refractivity contribution in [1.82, 2.24) is 9.97 Å². The van der Waals surface area contributed by atoms with Crippen LogP contribution < -0.4 is 0 Å². The van der Waals surface area contributed by atoms with Gasteiger partial charge in [-0.3, -0.25) is 4.79 Å². The molecule has 0 radical (unpaired) electrons. The molecule has 0 spiro atoms. The molecule has 0 aliphatic rings. The SMILES string of the molecule is O=C(Cc1ccncn1)c1ccco1. The molecule has 0 amide bonds. The third kappa shape index (κ3) is 1.85. The lowest BCUT2D eigenvalue weighted by Gasteiger charge is -1.95. The first-order valence-corrected chi connectivity index (χ1v) is 4.18. The summed E-state index contributed by atoms with van der Waals surface area (Å²) in [7, 11) is 0. The summed E-state index contributed by atoms with van der Waals surface area (Å²) in [5, 5.41) is 0. The van der Waals surface area contributed by atoms with Crippen molar-refractivity contribution in [2.75, 3.05) is 0 Å². The minimum Gasteiger partial charge on any atom is -0.461 e. The molecule has 0 aromatic carbocycles. The Hall–Kier alpha value is -1.97. The number of ketones is 1. The minimum absolute atomic E-state index is 0.0753. The van der Waals surface area contributed by atoms with Crippen LogP contribution in [0.15, 0.2) is 41.4 Å². The topological polar surface area (TPSA) is 56.0 Å². The first-order valence-electron chi connectivity index (χ1n) is 4.18. The van der Waals surface area contributed by atoms with Crippen LogP contribution in [0.2, 0.25) is 0 Å². The van der Waals surface area contributed by atoms with Crippen molar-refractivity contribution in [1.29, 1.82) is 0 Å². The Balaban J connectivity index is 2.10. The summed E-state index contributed by atoms with van der Waals surface area (Å²) in [6.07, 6.45) is 4.76. The molecule has 4 heteroatoms. The molecule has 0 aliphatic heterocycles. The van der Waals surface area contributed by atoms with Crippen LogP contribution >= 0.6 is 0 Å². The zero-order valence-electron chi connectivity index (χ0n) is 7.38. The van der Waals surface area contributed by atoms with E-state index in [4.69, 9.17) is 4.42 Å². The van der Waals surface area contributed by atoms with Gasteiger partial charge in [-0.1, -0.05) is 0 Å². The molecule has 0 aliphatic carbocycles. The molecule has 4 nitrogen and oxygen atoms in total. The maximum atomic E-state index is 11.5. The lowest BCUT2D eigenvalue weighted by atomic mass is 10.2. The van der Waals surface area contributed by atoms with Crippen LogP contribution in [0.4, 0.5) is 0 Å². The summed E-state index contributed by atoms with van der Waals surface area (Å²) in [6, 6.07) is 5.04. The van der Waals surface area contributed by atoms with Crippen molar-refractivity contribution in [2.24, 2.45) is 0 Å². The molecule has 2 rings (SSSR count). The van der Waals surface area contributed by atoms with Gasteiger partial charge >= 0.3 is 0 Å². The summed E-state index contributed by atoms with van der Waals surface area (Å²) in [5.74, 6) is 0.289. The number of carbonyl (C=O) groups is 1. The average Bonchev–Trinajstić information content (AvgIpc) is 2.72. The molecule has 0 unspecified atom stereocenters. The lowest BCUT2D eigenvalue weighted by Crippen LogP contribution is -2.03. The predicted molar refractivity (Wildman–Crippen MR) is 48.8 cm³/mol. The summed E-state index contributed by atoms with van der Waals surface area (Å²) in [6.45, 7) is 0. The number of hydrogen-bond donors (Lipinski definition) is 0. The van der Waals surface area contributed by atoms with Gasteiger partial charge < -0.3 is 4.42 Å². The van der Waals surface area contributed by atoms with Crippen molar-refractivity contribution >= 4 is 5.78 Å². The van der Waals surface area contributed by atoms with Gasteiger partial charge in [-0.2, -0.15) is 0 Å². The largest absolute Gasteiger partial charge is 0.461 e. The van der Waals surface area contributed by atoms with Gasteiger partial charge in [-0.05, 0) is 18.2 Å². The highest BCUT2D eigenvalue weighted by atomic mass is 16.3. The first-order chi connectivity index (χ1) is 6.86. The van der Waals surface area contributed by atoms with Gasteiger partial charge in [0.25, 0.3) is 0 Å². The highest BCUT2D eigenvalue weighted by Crippen LogP contribution is 2.05. The Kier molecular flexibility index (Phi) is 2.36. The van der Waals surface area contributed by atoms with Crippen molar-refractivity contribution in [3.05, 3.63) is 48.4 Å². The quantitative estimate of drug-likeness (QED) is 0.685. The Bertz CT molecular complexity index is 409. The summed E-state index contributed by atoms with van der Waals surface area (Å²) >= 11 is 0. The fourth-order valence-corrected chi connectivity index (χ4v) is 1.11. The van der Waals surface area contributed by atoms with E-state index in [1.165, 1.54) is 12.6 Å². The van der Waals surface area contributed by atoms with Crippen LogP contribution in [0.5, 0.6) is 0 Å². The second-order valence-corrected chi connectivity index (χ2v) is 2.78. The molecule has 2 aromatic heterocycles. The van der Waals surface area contributed by atoms with E-state index in [9.17, 15) is 4.79 Å². The number of aromatic nitrogens is 2. The number of furan rings is 1. The zero-order valence-corrected chi connectivity index (χ0v) is 7.38. The van der Waals surface area contributed by atoms with E-state index >= 15 is 0 Å². The maximum Gasteiger partial charge on any atom is 0.203 e. The number of hydrogen-bond acceptors (Lipinski definition) is 4. The molecule has 0 saturated carbocycles. The first kappa shape index (κ1) is 8.62. The standard InChI is InChI=1S/C10H8N2O2/c13-9(10-2-1-5-14-10)6-8-3-4-11-7-12-8/h1-5,7H,6H2. The lowest BCUT2D eigenvalue weighted by molar-refractivity contribution is 0.0965. The normalized spacial score (nSPS) is 10.0. The third-order valence-corrected chi connectivity index (χ3v) is 1.78. The molecule has 0 atom stereocenters. The van der Waals surface area contributed by atoms with E-state index in [-0.39, 0.29) is 12.2 Å². The van der Waals surface area contributed by atoms with Crippen LogP contribution in [0, 0.1) is 0 Å². The zero-order chi connectivity index (χ0) is 9.80. The Labute approximate surface area is 80.6 Å². The molecule has 2 aromatic rings. The minimum atomic E-state index is -0.0753. The maximum absolute atomic E-state index is 11.5. The fourth-order valence-electron chi connectivity index (χ4n) is 1.11. The molecule has 0 bridgehead atoms.